The first-order valence-electron chi connectivity index (χ1n) is 29.3. The van der Waals surface area contributed by atoms with Gasteiger partial charge in [-0.2, -0.15) is 0 Å². The van der Waals surface area contributed by atoms with Gasteiger partial charge in [0.1, 0.15) is 0 Å². The van der Waals surface area contributed by atoms with E-state index in [2.05, 4.69) is 0 Å². The smallest absolute Gasteiger partial charge is 0.178 e. The van der Waals surface area contributed by atoms with Crippen LogP contribution in [0.25, 0.3) is 0 Å². The second kappa shape index (κ2) is 85.3. The Morgan fingerprint density at radius 3 is 0.265 bits per heavy atom. The summed E-state index contributed by atoms with van der Waals surface area (Å²) in [6.45, 7) is 37.5. The Kier molecular flexibility index (Phi) is 122. The van der Waals surface area contributed by atoms with E-state index in [1.165, 1.54) is 0 Å². The molecule has 0 aliphatic heterocycles. The summed E-state index contributed by atoms with van der Waals surface area (Å²) < 4.78 is 0. The molecule has 102 heavy (non-hydrogen) atoms. The molecule has 0 radical (unpaired) electrons. The van der Waals surface area contributed by atoms with Crippen LogP contribution in [0.3, 0.4) is 0 Å². The molecule has 0 aliphatic rings. The van der Waals surface area contributed by atoms with E-state index in [9.17, 15) is 0 Å². The minimum absolute atomic E-state index is 0. The molecule has 0 fully saturated rings. The number of hydrogen-bond donors (Lipinski definition) is 18. The maximum Gasteiger partial charge on any atom is 0.178 e. The Bertz CT molecular complexity index is 1990. The van der Waals surface area contributed by atoms with Crippen LogP contribution in [0.1, 0.15) is 196 Å². The van der Waals surface area contributed by atoms with Gasteiger partial charge in [-0.05, 0) is 32.5 Å². The summed E-state index contributed by atoms with van der Waals surface area (Å²) in [5, 5.41) is 153. The second-order valence-electron chi connectivity index (χ2n) is 27.0. The first-order chi connectivity index (χ1) is 41.2. The monoisotopic (exact) mass is 1670 g/mol. The van der Waals surface area contributed by atoms with E-state index in [-0.39, 0.29) is 235 Å². The zero-order valence-electron chi connectivity index (χ0n) is 63.1. The fourth-order valence-electron chi connectivity index (χ4n) is 3.75. The Hall–Kier alpha value is -1.35. The predicted molar refractivity (Wildman–Crippen MR) is 383 cm³/mol. The second-order valence-corrected chi connectivity index (χ2v) is 27.0. The summed E-state index contributed by atoms with van der Waals surface area (Å²) in [4.78, 5) is 0. The van der Waals surface area contributed by atoms with Crippen molar-refractivity contribution in [1.82, 2.24) is 0 Å². The maximum atomic E-state index is 8.58. The van der Waals surface area contributed by atoms with E-state index in [0.717, 1.165) is 0 Å². The number of rotatable bonds is 6. The van der Waals surface area contributed by atoms with Crippen LogP contribution < -0.4 is 0 Å². The molecule has 0 saturated heterocycles. The van der Waals surface area contributed by atoms with Crippen LogP contribution in [0.2, 0.25) is 0 Å². The van der Waals surface area contributed by atoms with Gasteiger partial charge in [0.25, 0.3) is 0 Å². The third kappa shape index (κ3) is 120. The van der Waals surface area contributed by atoms with Crippen molar-refractivity contribution in [3.8, 4) is 0 Å². The molecule has 0 unspecified atom stereocenters. The van der Waals surface area contributed by atoms with Crippen molar-refractivity contribution in [3.63, 3.8) is 0 Å². The molecular formula is C72H132O24Ti6. The van der Waals surface area contributed by atoms with Crippen molar-refractivity contribution < 1.29 is 255 Å². The van der Waals surface area contributed by atoms with Crippen molar-refractivity contribution in [3.05, 3.63) is 215 Å². The van der Waals surface area contributed by atoms with Crippen molar-refractivity contribution in [2.24, 2.45) is 32.5 Å². The van der Waals surface area contributed by atoms with Gasteiger partial charge in [0, 0.05) is 203 Å². The average molecular weight is 1670 g/mol. The van der Waals surface area contributed by atoms with Crippen LogP contribution in [-0.4, -0.2) is 164 Å². The molecule has 588 valence electrons. The largest absolute Gasteiger partial charge is 0.412 e. The molecule has 30 N–H and O–H groups in total. The summed E-state index contributed by atoms with van der Waals surface area (Å²) in [5.74, 6) is 0. The normalized spacial score (nSPS) is 9.59. The van der Waals surface area contributed by atoms with Crippen LogP contribution in [0, 0.1) is 32.5 Å². The first kappa shape index (κ1) is 146. The molecule has 0 saturated carbocycles. The van der Waals surface area contributed by atoms with Crippen molar-refractivity contribution in [2.45, 2.75) is 162 Å². The molecule has 6 rings (SSSR count). The molecule has 0 atom stereocenters. The van der Waals surface area contributed by atoms with E-state index in [0.29, 0.717) is 33.4 Å². The molecule has 0 aliphatic carbocycles. The molecule has 24 nitrogen and oxygen atoms in total. The van der Waals surface area contributed by atoms with Gasteiger partial charge < -0.3 is 125 Å². The SMILES string of the molecule is CC(C)(C)CO.CC(C)(C)CO.CC(C)(C)CO.CC(C)(C)CO.CC(C)(C)CO.CC(C)(C)CO.O.O.O.O.O.O.OC(O)c1ccccc1.OC(O)c1ccccc1.OC(O)c1ccccc1.OC(O)c1ccccc1.OC(O)c1ccccc1.OC(O)c1ccccc1.[Ti].[Ti].[Ti].[Ti].[Ti].[Ti]. The molecule has 0 spiro atoms. The van der Waals surface area contributed by atoms with Gasteiger partial charge in [-0.1, -0.05) is 307 Å². The molecule has 6 aromatic rings. The Labute approximate surface area is 698 Å². The third-order valence-electron chi connectivity index (χ3n) is 9.43. The number of hydrogen-bond acceptors (Lipinski definition) is 18. The molecule has 0 heterocycles. The van der Waals surface area contributed by atoms with Gasteiger partial charge in [0.05, 0.1) is 0 Å². The fraction of sp³-hybridized carbons (Fsp3) is 0.500. The Balaban J connectivity index is -0.0000000469. The van der Waals surface area contributed by atoms with Crippen molar-refractivity contribution >= 4 is 0 Å². The van der Waals surface area contributed by atoms with E-state index < -0.39 is 37.7 Å². The van der Waals surface area contributed by atoms with E-state index >= 15 is 0 Å². The van der Waals surface area contributed by atoms with Crippen molar-refractivity contribution in [2.75, 3.05) is 39.6 Å². The molecular weight excluding hydrogens is 1540 g/mol. The molecule has 0 aromatic heterocycles. The van der Waals surface area contributed by atoms with Crippen LogP contribution in [0.15, 0.2) is 182 Å². The van der Waals surface area contributed by atoms with E-state index in [4.69, 9.17) is 91.9 Å². The Morgan fingerprint density at radius 1 is 0.176 bits per heavy atom. The van der Waals surface area contributed by atoms with Gasteiger partial charge >= 0.3 is 0 Å². The van der Waals surface area contributed by atoms with E-state index in [1.807, 2.05) is 161 Å². The van der Waals surface area contributed by atoms with Gasteiger partial charge in [-0.15, -0.1) is 0 Å². The van der Waals surface area contributed by atoms with Gasteiger partial charge in [0.15, 0.2) is 37.7 Å². The molecule has 0 amide bonds. The first-order valence-corrected chi connectivity index (χ1v) is 29.3. The third-order valence-corrected chi connectivity index (χ3v) is 9.43. The predicted octanol–water partition coefficient (Wildman–Crippen LogP) is 5.20. The van der Waals surface area contributed by atoms with E-state index in [1.54, 1.807) is 146 Å². The molecule has 30 heteroatoms. The average Bonchev–Trinajstić information content (AvgIpc) is 1.03. The number of benzene rings is 6. The summed E-state index contributed by atoms with van der Waals surface area (Å²) in [6, 6.07) is 51.9. The fourth-order valence-corrected chi connectivity index (χ4v) is 3.75. The van der Waals surface area contributed by atoms with Crippen LogP contribution in [0.4, 0.5) is 0 Å². The zero-order valence-corrected chi connectivity index (χ0v) is 72.4. The van der Waals surface area contributed by atoms with Crippen LogP contribution >= 0.6 is 0 Å². The number of aliphatic hydroxyl groups is 18. The molecule has 6 aromatic carbocycles. The summed E-state index contributed by atoms with van der Waals surface area (Å²) in [6.07, 6.45) is -8.05. The topological polar surface area (TPSA) is 553 Å². The Morgan fingerprint density at radius 2 is 0.235 bits per heavy atom. The minimum Gasteiger partial charge on any atom is -0.412 e. The summed E-state index contributed by atoms with van der Waals surface area (Å²) in [7, 11) is 0. The van der Waals surface area contributed by atoms with Gasteiger partial charge in [-0.3, -0.25) is 0 Å². The molecule has 0 bridgehead atoms. The maximum absolute atomic E-state index is 8.58. The van der Waals surface area contributed by atoms with Crippen LogP contribution in [-0.2, 0) is 130 Å². The van der Waals surface area contributed by atoms with Crippen LogP contribution in [0.5, 0.6) is 0 Å². The van der Waals surface area contributed by atoms with Crippen molar-refractivity contribution in [1.29, 1.82) is 0 Å². The van der Waals surface area contributed by atoms with Gasteiger partial charge in [-0.25, -0.2) is 0 Å². The quantitative estimate of drug-likeness (QED) is 0.0752. The number of aliphatic hydroxyl groups excluding tert-OH is 12. The standard InChI is InChI=1S/6C7H8O2.6C5H12O.6H2O.6Ti/c6*8-7(9)6-4-2-1-3-5-6;6*1-5(2,3)4-6;;;;;;;;;;;;/h6*1-5,7-9H;6*6H,4H2,1-3H3;6*1H2;;;;;;. The summed E-state index contributed by atoms with van der Waals surface area (Å²) >= 11 is 0. The van der Waals surface area contributed by atoms with Gasteiger partial charge in [0.2, 0.25) is 0 Å². The minimum atomic E-state index is -1.34. The summed E-state index contributed by atoms with van der Waals surface area (Å²) in [5.41, 5.74) is 3.74. The zero-order chi connectivity index (χ0) is 71.4.